The second kappa shape index (κ2) is 11.7. The van der Waals surface area contributed by atoms with Gasteiger partial charge in [-0.25, -0.2) is 0 Å². The van der Waals surface area contributed by atoms with Gasteiger partial charge in [0, 0.05) is 0 Å². The number of benzene rings is 2. The molecule has 188 valence electrons. The minimum atomic E-state index is -0.911. The topological polar surface area (TPSA) is 78.9 Å². The first-order valence-electron chi connectivity index (χ1n) is 13.0. The number of para-hydroxylation sites is 2. The van der Waals surface area contributed by atoms with E-state index in [0.717, 1.165) is 12.0 Å². The molecule has 6 heteroatoms. The molecule has 1 amide bonds. The van der Waals surface area contributed by atoms with Gasteiger partial charge < -0.3 is 14.7 Å². The molecular weight excluding hydrogens is 440 g/mol. The molecule has 1 saturated carbocycles. The van der Waals surface area contributed by atoms with Crippen LogP contribution in [0.3, 0.4) is 0 Å². The molecule has 0 bridgehead atoms. The highest BCUT2D eigenvalue weighted by Crippen LogP contribution is 2.33. The molecule has 0 spiro atoms. The summed E-state index contributed by atoms with van der Waals surface area (Å²) in [6, 6.07) is 14.3. The quantitative estimate of drug-likeness (QED) is 0.497. The predicted octanol–water partition coefficient (Wildman–Crippen LogP) is 5.51. The molecule has 2 atom stereocenters. The van der Waals surface area contributed by atoms with Crippen LogP contribution in [-0.4, -0.2) is 35.7 Å². The molecule has 1 aliphatic heterocycles. The molecule has 0 radical (unpaired) electrons. The van der Waals surface area contributed by atoms with E-state index >= 15 is 0 Å². The zero-order valence-electron chi connectivity index (χ0n) is 20.9. The number of carbonyl (C=O) groups is 2. The summed E-state index contributed by atoms with van der Waals surface area (Å²) in [4.78, 5) is 27.6. The fourth-order valence-corrected chi connectivity index (χ4v) is 5.23. The Bertz CT molecular complexity index is 998. The van der Waals surface area contributed by atoms with Crippen LogP contribution >= 0.6 is 0 Å². The normalized spacial score (nSPS) is 19.7. The molecule has 0 saturated heterocycles. The summed E-state index contributed by atoms with van der Waals surface area (Å²) in [5.41, 5.74) is 2.98. The van der Waals surface area contributed by atoms with Crippen LogP contribution in [0.1, 0.15) is 75.8 Å². The molecule has 2 aromatic carbocycles. The average Bonchev–Trinajstić information content (AvgIpc) is 2.99. The van der Waals surface area contributed by atoms with Crippen LogP contribution in [0.2, 0.25) is 0 Å². The molecule has 2 aliphatic rings. The Morgan fingerprint density at radius 2 is 1.80 bits per heavy atom. The summed E-state index contributed by atoms with van der Waals surface area (Å²) in [7, 11) is 0. The Kier molecular flexibility index (Phi) is 8.45. The Hall–Kier alpha value is -2.86. The van der Waals surface area contributed by atoms with E-state index in [1.165, 1.54) is 37.7 Å². The van der Waals surface area contributed by atoms with Gasteiger partial charge in [-0.05, 0) is 47.9 Å². The molecule has 6 nitrogen and oxygen atoms in total. The lowest BCUT2D eigenvalue weighted by Gasteiger charge is -2.28. The van der Waals surface area contributed by atoms with Gasteiger partial charge in [-0.1, -0.05) is 82.3 Å². The third-order valence-corrected chi connectivity index (χ3v) is 7.40. The van der Waals surface area contributed by atoms with E-state index in [1.807, 2.05) is 24.3 Å². The highest BCUT2D eigenvalue weighted by atomic mass is 16.5. The Balaban J connectivity index is 1.51. The number of hydrogen-bond donors (Lipinski definition) is 2. The monoisotopic (exact) mass is 478 g/mol. The fraction of sp³-hybridized carbons (Fsp3) is 0.517. The molecule has 1 heterocycles. The van der Waals surface area contributed by atoms with E-state index in [-0.39, 0.29) is 12.5 Å². The molecule has 1 aliphatic carbocycles. The smallest absolute Gasteiger partial charge is 0.320 e. The second-order valence-electron chi connectivity index (χ2n) is 10.3. The van der Waals surface area contributed by atoms with E-state index in [1.54, 1.807) is 4.90 Å². The Morgan fingerprint density at radius 3 is 2.49 bits per heavy atom. The van der Waals surface area contributed by atoms with Crippen molar-refractivity contribution in [2.75, 3.05) is 11.5 Å². The SMILES string of the molecule is CC(C)c1ccc(CN2C(=O)C(N[C@H](CCC3CCCCC3)C(=O)O)COc3ccccc32)cc1. The Morgan fingerprint density at radius 1 is 1.09 bits per heavy atom. The van der Waals surface area contributed by atoms with E-state index in [9.17, 15) is 14.7 Å². The van der Waals surface area contributed by atoms with E-state index in [0.29, 0.717) is 36.2 Å². The number of rotatable bonds is 9. The van der Waals surface area contributed by atoms with Gasteiger partial charge in [-0.2, -0.15) is 0 Å². The van der Waals surface area contributed by atoms with Crippen LogP contribution in [0.4, 0.5) is 5.69 Å². The van der Waals surface area contributed by atoms with Gasteiger partial charge in [0.2, 0.25) is 5.91 Å². The molecule has 2 aromatic rings. The summed E-state index contributed by atoms with van der Waals surface area (Å²) in [5, 5.41) is 13.1. The summed E-state index contributed by atoms with van der Waals surface area (Å²) in [6.45, 7) is 4.82. The standard InChI is InChI=1S/C29H38N2O4/c1-20(2)23-15-12-22(13-16-23)18-31-26-10-6-7-11-27(26)35-19-25(28(31)32)30-24(29(33)34)17-14-21-8-4-3-5-9-21/h6-7,10-13,15-16,20-21,24-25,30H,3-5,8-9,14,17-19H2,1-2H3,(H,33,34)/t24-,25?/m1/s1. The third kappa shape index (κ3) is 6.43. The first kappa shape index (κ1) is 25.2. The number of amides is 1. The number of nitrogens with one attached hydrogen (secondary N) is 1. The maximum absolute atomic E-state index is 13.7. The minimum absolute atomic E-state index is 0.103. The van der Waals surface area contributed by atoms with Crippen molar-refractivity contribution in [2.24, 2.45) is 5.92 Å². The van der Waals surface area contributed by atoms with E-state index in [4.69, 9.17) is 4.74 Å². The first-order valence-corrected chi connectivity index (χ1v) is 13.0. The number of carbonyl (C=O) groups excluding carboxylic acids is 1. The van der Waals surface area contributed by atoms with Crippen molar-refractivity contribution >= 4 is 17.6 Å². The third-order valence-electron chi connectivity index (χ3n) is 7.40. The van der Waals surface area contributed by atoms with Crippen LogP contribution in [0.15, 0.2) is 48.5 Å². The van der Waals surface area contributed by atoms with Gasteiger partial charge >= 0.3 is 5.97 Å². The Labute approximate surface area is 208 Å². The summed E-state index contributed by atoms with van der Waals surface area (Å²) in [6.07, 6.45) is 7.49. The van der Waals surface area contributed by atoms with Crippen molar-refractivity contribution in [3.05, 3.63) is 59.7 Å². The van der Waals surface area contributed by atoms with E-state index < -0.39 is 18.1 Å². The van der Waals surface area contributed by atoms with Crippen molar-refractivity contribution in [3.8, 4) is 5.75 Å². The lowest BCUT2D eigenvalue weighted by molar-refractivity contribution is -0.140. The van der Waals surface area contributed by atoms with Gasteiger partial charge in [0.15, 0.2) is 0 Å². The van der Waals surface area contributed by atoms with Gasteiger partial charge in [-0.3, -0.25) is 14.9 Å². The largest absolute Gasteiger partial charge is 0.489 e. The molecule has 2 N–H and O–H groups in total. The van der Waals surface area contributed by atoms with E-state index in [2.05, 4.69) is 43.4 Å². The maximum Gasteiger partial charge on any atom is 0.320 e. The second-order valence-corrected chi connectivity index (χ2v) is 10.3. The van der Waals surface area contributed by atoms with Gasteiger partial charge in [0.05, 0.1) is 12.2 Å². The number of anilines is 1. The number of hydrogen-bond acceptors (Lipinski definition) is 4. The van der Waals surface area contributed by atoms with Crippen molar-refractivity contribution in [1.29, 1.82) is 0 Å². The van der Waals surface area contributed by atoms with Crippen molar-refractivity contribution in [1.82, 2.24) is 5.32 Å². The van der Waals surface area contributed by atoms with Crippen molar-refractivity contribution in [3.63, 3.8) is 0 Å². The van der Waals surface area contributed by atoms with Gasteiger partial charge in [0.25, 0.3) is 0 Å². The van der Waals surface area contributed by atoms with Crippen LogP contribution in [0.5, 0.6) is 5.75 Å². The minimum Gasteiger partial charge on any atom is -0.489 e. The summed E-state index contributed by atoms with van der Waals surface area (Å²) >= 11 is 0. The highest BCUT2D eigenvalue weighted by Gasteiger charge is 2.34. The lowest BCUT2D eigenvalue weighted by atomic mass is 9.85. The van der Waals surface area contributed by atoms with Gasteiger partial charge in [0.1, 0.15) is 24.4 Å². The van der Waals surface area contributed by atoms with Crippen LogP contribution < -0.4 is 15.0 Å². The molecule has 1 unspecified atom stereocenters. The van der Waals surface area contributed by atoms with Crippen molar-refractivity contribution in [2.45, 2.75) is 83.3 Å². The highest BCUT2D eigenvalue weighted by molar-refractivity contribution is 5.99. The number of fused-ring (bicyclic) bond motifs is 1. The molecule has 4 rings (SSSR count). The zero-order valence-corrected chi connectivity index (χ0v) is 20.9. The van der Waals surface area contributed by atoms with Gasteiger partial charge in [-0.15, -0.1) is 0 Å². The number of carboxylic acid groups (broad SMARTS) is 1. The zero-order chi connectivity index (χ0) is 24.8. The number of carboxylic acids is 1. The number of nitrogens with zero attached hydrogens (tertiary/aromatic N) is 1. The predicted molar refractivity (Wildman–Crippen MR) is 138 cm³/mol. The summed E-state index contributed by atoms with van der Waals surface area (Å²) < 4.78 is 6.01. The first-order chi connectivity index (χ1) is 16.9. The van der Waals surface area contributed by atoms with Crippen LogP contribution in [0, 0.1) is 5.92 Å². The lowest BCUT2D eigenvalue weighted by Crippen LogP contribution is -2.53. The molecule has 1 fully saturated rings. The number of aliphatic carboxylic acids is 1. The average molecular weight is 479 g/mol. The summed E-state index contributed by atoms with van der Waals surface area (Å²) in [5.74, 6) is 0.590. The fourth-order valence-electron chi connectivity index (χ4n) is 5.23. The number of ether oxygens (including phenoxy) is 1. The van der Waals surface area contributed by atoms with Crippen LogP contribution in [0.25, 0.3) is 0 Å². The molecule has 35 heavy (non-hydrogen) atoms. The molecular formula is C29H38N2O4. The van der Waals surface area contributed by atoms with Crippen molar-refractivity contribution < 1.29 is 19.4 Å². The maximum atomic E-state index is 13.7. The van der Waals surface area contributed by atoms with Crippen LogP contribution in [-0.2, 0) is 16.1 Å². The molecule has 0 aromatic heterocycles.